The van der Waals surface area contributed by atoms with Crippen LogP contribution in [0.2, 0.25) is 0 Å². The zero-order valence-electron chi connectivity index (χ0n) is 14.2. The highest BCUT2D eigenvalue weighted by Gasteiger charge is 2.38. The Bertz CT molecular complexity index is 850. The van der Waals surface area contributed by atoms with Crippen molar-refractivity contribution in [2.24, 2.45) is 0 Å². The van der Waals surface area contributed by atoms with Gasteiger partial charge < -0.3 is 5.32 Å². The minimum absolute atomic E-state index is 0.00727. The van der Waals surface area contributed by atoms with Crippen molar-refractivity contribution in [2.45, 2.75) is 19.4 Å². The molecule has 0 bridgehead atoms. The van der Waals surface area contributed by atoms with Crippen molar-refractivity contribution in [3.8, 4) is 0 Å². The first-order valence-corrected chi connectivity index (χ1v) is 9.96. The van der Waals surface area contributed by atoms with Crippen LogP contribution >= 0.6 is 0 Å². The fraction of sp³-hybridized carbons (Fsp3) is 0.316. The summed E-state index contributed by atoms with van der Waals surface area (Å²) >= 11 is 0. The maximum absolute atomic E-state index is 12.9. The molecule has 1 fully saturated rings. The lowest BCUT2D eigenvalue weighted by Crippen LogP contribution is -2.52. The molecule has 3 rings (SSSR count). The van der Waals surface area contributed by atoms with E-state index in [1.54, 1.807) is 0 Å². The van der Waals surface area contributed by atoms with Gasteiger partial charge in [0.1, 0.15) is 6.04 Å². The predicted octanol–water partition coefficient (Wildman–Crippen LogP) is 2.04. The Balaban J connectivity index is 1.87. The van der Waals surface area contributed by atoms with Crippen molar-refractivity contribution in [3.63, 3.8) is 0 Å². The zero-order chi connectivity index (χ0) is 17.9. The number of nitrogens with zero attached hydrogens (tertiary/aromatic N) is 1. The maximum Gasteiger partial charge on any atom is 0.243 e. The topological polar surface area (TPSA) is 66.5 Å². The Kier molecular flexibility index (Phi) is 5.20. The van der Waals surface area contributed by atoms with Crippen molar-refractivity contribution in [3.05, 3.63) is 71.3 Å². The first-order chi connectivity index (χ1) is 12.0. The summed E-state index contributed by atoms with van der Waals surface area (Å²) in [6, 6.07) is 16.2. The van der Waals surface area contributed by atoms with Crippen molar-refractivity contribution in [2.75, 3.05) is 18.8 Å². The highest BCUT2D eigenvalue weighted by molar-refractivity contribution is 7.89. The van der Waals surface area contributed by atoms with Gasteiger partial charge >= 0.3 is 0 Å². The molecule has 6 heteroatoms. The number of carbonyl (C=O) groups excluding carboxylic acids is 1. The smallest absolute Gasteiger partial charge is 0.243 e. The van der Waals surface area contributed by atoms with Gasteiger partial charge in [-0.25, -0.2) is 8.42 Å². The largest absolute Gasteiger partial charge is 0.353 e. The van der Waals surface area contributed by atoms with Crippen LogP contribution in [0.1, 0.15) is 22.7 Å². The van der Waals surface area contributed by atoms with Crippen LogP contribution < -0.4 is 5.32 Å². The molecule has 1 amide bonds. The Labute approximate surface area is 148 Å². The number of piperazine rings is 1. The molecule has 2 aromatic rings. The van der Waals surface area contributed by atoms with Gasteiger partial charge in [-0.15, -0.1) is 0 Å². The summed E-state index contributed by atoms with van der Waals surface area (Å²) in [5, 5.41) is 2.79. The minimum atomic E-state index is -3.56. The molecule has 1 unspecified atom stereocenters. The standard InChI is InChI=1S/C19H22N2O3S/c1-15-7-5-6-10-17(15)18-19(22)20-12-13-21(18)25(23,24)14-11-16-8-3-2-4-9-16/h2-10,18H,11-14H2,1H3,(H,20,22). The molecule has 1 saturated heterocycles. The third kappa shape index (κ3) is 3.91. The predicted molar refractivity (Wildman–Crippen MR) is 97.6 cm³/mol. The quantitative estimate of drug-likeness (QED) is 0.889. The Hall–Kier alpha value is -2.18. The van der Waals surface area contributed by atoms with Crippen LogP contribution in [0.5, 0.6) is 0 Å². The van der Waals surface area contributed by atoms with Gasteiger partial charge in [-0.2, -0.15) is 4.31 Å². The average Bonchev–Trinajstić information content (AvgIpc) is 2.62. The second-order valence-corrected chi connectivity index (χ2v) is 8.25. The van der Waals surface area contributed by atoms with Gasteiger partial charge in [0.2, 0.25) is 15.9 Å². The van der Waals surface area contributed by atoms with Crippen LogP contribution in [-0.2, 0) is 21.2 Å². The molecular formula is C19H22N2O3S. The molecule has 2 aromatic carbocycles. The number of amides is 1. The molecule has 0 spiro atoms. The van der Waals surface area contributed by atoms with Crippen LogP contribution in [0.15, 0.2) is 54.6 Å². The molecule has 0 saturated carbocycles. The zero-order valence-corrected chi connectivity index (χ0v) is 15.0. The highest BCUT2D eigenvalue weighted by Crippen LogP contribution is 2.28. The van der Waals surface area contributed by atoms with E-state index >= 15 is 0 Å². The van der Waals surface area contributed by atoms with E-state index in [2.05, 4.69) is 5.32 Å². The van der Waals surface area contributed by atoms with Crippen LogP contribution in [0.25, 0.3) is 0 Å². The number of carbonyl (C=O) groups is 1. The second kappa shape index (κ2) is 7.37. The SMILES string of the molecule is Cc1ccccc1C1C(=O)NCCN1S(=O)(=O)CCc1ccccc1. The molecule has 1 aliphatic heterocycles. The van der Waals surface area contributed by atoms with E-state index in [9.17, 15) is 13.2 Å². The van der Waals surface area contributed by atoms with Crippen LogP contribution in [0, 0.1) is 6.92 Å². The molecule has 0 radical (unpaired) electrons. The summed E-state index contributed by atoms with van der Waals surface area (Å²) in [7, 11) is -3.56. The Morgan fingerprint density at radius 1 is 1.08 bits per heavy atom. The van der Waals surface area contributed by atoms with Gasteiger partial charge in [0.15, 0.2) is 0 Å². The summed E-state index contributed by atoms with van der Waals surface area (Å²) in [6.45, 7) is 2.53. The number of sulfonamides is 1. The number of hydrogen-bond acceptors (Lipinski definition) is 3. The van der Waals surface area contributed by atoms with Crippen molar-refractivity contribution in [1.82, 2.24) is 9.62 Å². The molecule has 1 aliphatic rings. The van der Waals surface area contributed by atoms with Gasteiger partial charge in [0, 0.05) is 13.1 Å². The van der Waals surface area contributed by atoms with E-state index in [1.165, 1.54) is 4.31 Å². The summed E-state index contributed by atoms with van der Waals surface area (Å²) in [5.41, 5.74) is 2.62. The van der Waals surface area contributed by atoms with Crippen molar-refractivity contribution >= 4 is 15.9 Å². The number of rotatable bonds is 5. The molecule has 132 valence electrons. The Morgan fingerprint density at radius 2 is 1.76 bits per heavy atom. The average molecular weight is 358 g/mol. The molecule has 25 heavy (non-hydrogen) atoms. The van der Waals surface area contributed by atoms with Crippen LogP contribution in [0.4, 0.5) is 0 Å². The van der Waals surface area contributed by atoms with E-state index < -0.39 is 16.1 Å². The summed E-state index contributed by atoms with van der Waals surface area (Å²) in [6.07, 6.45) is 0.432. The first-order valence-electron chi connectivity index (χ1n) is 8.36. The monoisotopic (exact) mass is 358 g/mol. The molecule has 5 nitrogen and oxygen atoms in total. The van der Waals surface area contributed by atoms with E-state index in [0.717, 1.165) is 16.7 Å². The lowest BCUT2D eigenvalue weighted by molar-refractivity contribution is -0.126. The summed E-state index contributed by atoms with van der Waals surface area (Å²) < 4.78 is 27.2. The molecule has 0 aromatic heterocycles. The normalized spacial score (nSPS) is 18.8. The summed E-state index contributed by atoms with van der Waals surface area (Å²) in [4.78, 5) is 12.5. The van der Waals surface area contributed by atoms with Crippen LogP contribution in [-0.4, -0.2) is 37.5 Å². The number of nitrogens with one attached hydrogen (secondary N) is 1. The fourth-order valence-electron chi connectivity index (χ4n) is 3.14. The van der Waals surface area contributed by atoms with Gasteiger partial charge in [-0.3, -0.25) is 4.79 Å². The van der Waals surface area contributed by atoms with E-state index in [0.29, 0.717) is 19.5 Å². The molecule has 1 atom stereocenters. The maximum atomic E-state index is 12.9. The third-order valence-corrected chi connectivity index (χ3v) is 6.33. The van der Waals surface area contributed by atoms with Gasteiger partial charge in [-0.05, 0) is 30.0 Å². The molecule has 0 aliphatic carbocycles. The number of hydrogen-bond donors (Lipinski definition) is 1. The van der Waals surface area contributed by atoms with Gasteiger partial charge in [0.05, 0.1) is 5.75 Å². The Morgan fingerprint density at radius 3 is 2.48 bits per heavy atom. The van der Waals surface area contributed by atoms with E-state index in [-0.39, 0.29) is 11.7 Å². The molecular weight excluding hydrogens is 336 g/mol. The van der Waals surface area contributed by atoms with Crippen LogP contribution in [0.3, 0.4) is 0 Å². The first kappa shape index (κ1) is 17.6. The molecule has 1 heterocycles. The minimum Gasteiger partial charge on any atom is -0.353 e. The van der Waals surface area contributed by atoms with E-state index in [4.69, 9.17) is 0 Å². The summed E-state index contributed by atoms with van der Waals surface area (Å²) in [5.74, 6) is -0.268. The number of benzene rings is 2. The van der Waals surface area contributed by atoms with E-state index in [1.807, 2.05) is 61.5 Å². The highest BCUT2D eigenvalue weighted by atomic mass is 32.2. The third-order valence-electron chi connectivity index (χ3n) is 4.50. The van der Waals surface area contributed by atoms with Gasteiger partial charge in [-0.1, -0.05) is 54.6 Å². The fourth-order valence-corrected chi connectivity index (χ4v) is 4.77. The number of aryl methyl sites for hydroxylation is 2. The lowest BCUT2D eigenvalue weighted by Gasteiger charge is -2.35. The van der Waals surface area contributed by atoms with Gasteiger partial charge in [0.25, 0.3) is 0 Å². The van der Waals surface area contributed by atoms with Crippen molar-refractivity contribution in [1.29, 1.82) is 0 Å². The second-order valence-electron chi connectivity index (χ2n) is 6.21. The molecule has 1 N–H and O–H groups in total. The van der Waals surface area contributed by atoms with Crippen molar-refractivity contribution < 1.29 is 13.2 Å². The lowest BCUT2D eigenvalue weighted by atomic mass is 9.99.